The van der Waals surface area contributed by atoms with Crippen molar-refractivity contribution in [3.05, 3.63) is 57.5 Å². The van der Waals surface area contributed by atoms with Crippen molar-refractivity contribution in [3.8, 4) is 5.75 Å². The van der Waals surface area contributed by atoms with Gasteiger partial charge in [-0.25, -0.2) is 9.37 Å². The number of carbonyl (C=O) groups is 3. The number of hydrogen-bond donors (Lipinski definition) is 1. The van der Waals surface area contributed by atoms with Crippen LogP contribution in [0.25, 0.3) is 0 Å². The second-order valence-corrected chi connectivity index (χ2v) is 9.39. The van der Waals surface area contributed by atoms with E-state index in [2.05, 4.69) is 4.98 Å². The minimum atomic E-state index is -0.816. The fourth-order valence-electron chi connectivity index (χ4n) is 4.13. The Morgan fingerprint density at radius 3 is 2.33 bits per heavy atom. The summed E-state index contributed by atoms with van der Waals surface area (Å²) in [7, 11) is 4.39. The van der Waals surface area contributed by atoms with Crippen molar-refractivity contribution in [1.82, 2.24) is 24.3 Å². The topological polar surface area (TPSA) is 116 Å². The smallest absolute Gasteiger partial charge is 0.312 e. The Hall–Kier alpha value is -3.60. The van der Waals surface area contributed by atoms with Gasteiger partial charge in [-0.05, 0) is 38.0 Å². The van der Waals surface area contributed by atoms with E-state index >= 15 is 0 Å². The molecule has 2 heterocycles. The summed E-state index contributed by atoms with van der Waals surface area (Å²) in [5.74, 6) is -3.09. The van der Waals surface area contributed by atoms with Gasteiger partial charge in [-0.2, -0.15) is 0 Å². The summed E-state index contributed by atoms with van der Waals surface area (Å²) in [5, 5.41) is 10.6. The quantitative estimate of drug-likeness (QED) is 0.467. The number of Topliss-reactive ketones (excluding diaryl/α,β-unsaturated/α-hetero) is 1. The molecule has 0 aliphatic carbocycles. The molecule has 1 aromatic heterocycles. The van der Waals surface area contributed by atoms with Gasteiger partial charge in [0.2, 0.25) is 5.75 Å². The average Bonchev–Trinajstić information content (AvgIpc) is 3.04. The summed E-state index contributed by atoms with van der Waals surface area (Å²) in [6, 6.07) is 4.94. The molecule has 1 aliphatic heterocycles. The number of aromatic hydroxyl groups is 1. The van der Waals surface area contributed by atoms with Crippen LogP contribution in [-0.2, 0) is 22.6 Å². The van der Waals surface area contributed by atoms with E-state index in [9.17, 15) is 28.7 Å². The standard InChI is InChI=1S/C25H32FN5O5/c1-15(2)30-12-13-31-22(18(14-30)29(5)25(36)24(35)28(3)4)27-20(21(33)23(31)34)19(32)11-8-16-6-9-17(26)10-7-16/h6-7,9-10,15,18,33H,8,11-14H2,1-5H3. The van der Waals surface area contributed by atoms with Crippen LogP contribution in [0.3, 0.4) is 0 Å². The number of hydrogen-bond acceptors (Lipinski definition) is 7. The molecule has 0 bridgehead atoms. The summed E-state index contributed by atoms with van der Waals surface area (Å²) >= 11 is 0. The second-order valence-electron chi connectivity index (χ2n) is 9.39. The number of nitrogens with zero attached hydrogens (tertiary/aromatic N) is 5. The van der Waals surface area contributed by atoms with Crippen molar-refractivity contribution >= 4 is 17.6 Å². The molecule has 1 atom stereocenters. The molecule has 1 unspecified atom stereocenters. The SMILES string of the molecule is CC(C)N1CCn2c(nc(C(=O)CCc3ccc(F)cc3)c(O)c2=O)C(N(C)C(=O)C(=O)N(C)C)C1. The molecule has 36 heavy (non-hydrogen) atoms. The van der Waals surface area contributed by atoms with E-state index in [-0.39, 0.29) is 43.5 Å². The lowest BCUT2D eigenvalue weighted by atomic mass is 10.1. The maximum Gasteiger partial charge on any atom is 0.312 e. The van der Waals surface area contributed by atoms with Gasteiger partial charge in [-0.15, -0.1) is 0 Å². The first-order valence-corrected chi connectivity index (χ1v) is 11.8. The van der Waals surface area contributed by atoms with Crippen LogP contribution in [0.15, 0.2) is 29.1 Å². The van der Waals surface area contributed by atoms with Crippen LogP contribution < -0.4 is 5.56 Å². The van der Waals surface area contributed by atoms with Crippen LogP contribution >= 0.6 is 0 Å². The van der Waals surface area contributed by atoms with E-state index in [0.29, 0.717) is 12.1 Å². The van der Waals surface area contributed by atoms with Crippen molar-refractivity contribution in [2.24, 2.45) is 0 Å². The summed E-state index contributed by atoms with van der Waals surface area (Å²) in [6.45, 7) is 4.86. The fourth-order valence-corrected chi connectivity index (χ4v) is 4.13. The summed E-state index contributed by atoms with van der Waals surface area (Å²) in [5.41, 5.74) is -0.439. The van der Waals surface area contributed by atoms with Gasteiger partial charge in [0, 0.05) is 53.2 Å². The molecule has 0 radical (unpaired) electrons. The predicted octanol–water partition coefficient (Wildman–Crippen LogP) is 1.22. The molecule has 1 aliphatic rings. The lowest BCUT2D eigenvalue weighted by molar-refractivity contribution is -0.151. The maximum absolute atomic E-state index is 13.2. The predicted molar refractivity (Wildman–Crippen MR) is 130 cm³/mol. The number of carbonyl (C=O) groups excluding carboxylic acids is 3. The molecular formula is C25H32FN5O5. The van der Waals surface area contributed by atoms with Crippen molar-refractivity contribution < 1.29 is 23.9 Å². The first-order valence-electron chi connectivity index (χ1n) is 11.8. The van der Waals surface area contributed by atoms with Crippen LogP contribution in [0.4, 0.5) is 4.39 Å². The highest BCUT2D eigenvalue weighted by Gasteiger charge is 2.36. The molecule has 0 fully saturated rings. The number of benzene rings is 1. The van der Waals surface area contributed by atoms with Gasteiger partial charge in [0.1, 0.15) is 17.7 Å². The lowest BCUT2D eigenvalue weighted by Gasteiger charge is -2.32. The van der Waals surface area contributed by atoms with Gasteiger partial charge in [0.15, 0.2) is 11.5 Å². The summed E-state index contributed by atoms with van der Waals surface area (Å²) < 4.78 is 14.4. The Labute approximate surface area is 208 Å². The summed E-state index contributed by atoms with van der Waals surface area (Å²) in [4.78, 5) is 60.3. The molecule has 2 aromatic rings. The largest absolute Gasteiger partial charge is 0.501 e. The van der Waals surface area contributed by atoms with E-state index < -0.39 is 40.8 Å². The third-order valence-corrected chi connectivity index (χ3v) is 6.42. The molecule has 10 nitrogen and oxygen atoms in total. The van der Waals surface area contributed by atoms with Crippen LogP contribution in [0.5, 0.6) is 5.75 Å². The first-order chi connectivity index (χ1) is 16.9. The third-order valence-electron chi connectivity index (χ3n) is 6.42. The van der Waals surface area contributed by atoms with E-state index in [0.717, 1.165) is 4.90 Å². The number of aryl methyl sites for hydroxylation is 1. The number of rotatable bonds is 6. The van der Waals surface area contributed by atoms with E-state index in [4.69, 9.17) is 0 Å². The van der Waals surface area contributed by atoms with Gasteiger partial charge in [0.05, 0.1) is 0 Å². The van der Waals surface area contributed by atoms with Gasteiger partial charge < -0.3 is 14.9 Å². The van der Waals surface area contributed by atoms with Crippen LogP contribution in [0.1, 0.15) is 48.2 Å². The Morgan fingerprint density at radius 1 is 1.11 bits per heavy atom. The van der Waals surface area contributed by atoms with Crippen LogP contribution in [0.2, 0.25) is 0 Å². The van der Waals surface area contributed by atoms with Gasteiger partial charge in [-0.1, -0.05) is 12.1 Å². The minimum absolute atomic E-state index is 0.0637. The Balaban J connectivity index is 2.02. The molecule has 0 spiro atoms. The average molecular weight is 502 g/mol. The Bertz CT molecular complexity index is 1210. The number of ketones is 1. The van der Waals surface area contributed by atoms with E-state index in [1.165, 1.54) is 42.7 Å². The molecule has 1 N–H and O–H groups in total. The van der Waals surface area contributed by atoms with E-state index in [1.54, 1.807) is 12.1 Å². The normalized spacial score (nSPS) is 15.8. The molecular weight excluding hydrogens is 469 g/mol. The van der Waals surface area contributed by atoms with Crippen LogP contribution in [0, 0.1) is 5.82 Å². The van der Waals surface area contributed by atoms with Crippen molar-refractivity contribution in [2.75, 3.05) is 34.2 Å². The molecule has 3 rings (SSSR count). The van der Waals surface area contributed by atoms with Gasteiger partial charge in [0.25, 0.3) is 5.56 Å². The number of fused-ring (bicyclic) bond motifs is 1. The number of likely N-dealkylation sites (N-methyl/N-ethyl adjacent to an activating group) is 2. The zero-order chi connectivity index (χ0) is 26.7. The summed E-state index contributed by atoms with van der Waals surface area (Å²) in [6.07, 6.45) is 0.199. The lowest BCUT2D eigenvalue weighted by Crippen LogP contribution is -2.46. The molecule has 1 aromatic carbocycles. The Kier molecular flexibility index (Phi) is 8.24. The number of aromatic nitrogens is 2. The van der Waals surface area contributed by atoms with Crippen molar-refractivity contribution in [3.63, 3.8) is 0 Å². The Morgan fingerprint density at radius 2 is 1.75 bits per heavy atom. The van der Waals surface area contributed by atoms with Crippen molar-refractivity contribution in [1.29, 1.82) is 0 Å². The number of amides is 2. The van der Waals surface area contributed by atoms with Crippen LogP contribution in [-0.4, -0.2) is 87.2 Å². The highest BCUT2D eigenvalue weighted by molar-refractivity contribution is 6.34. The first kappa shape index (κ1) is 27.0. The molecule has 11 heteroatoms. The molecule has 194 valence electrons. The molecule has 0 saturated carbocycles. The third kappa shape index (κ3) is 5.62. The molecule has 2 amide bonds. The van der Waals surface area contributed by atoms with Gasteiger partial charge >= 0.3 is 11.8 Å². The maximum atomic E-state index is 13.2. The van der Waals surface area contributed by atoms with Crippen molar-refractivity contribution in [2.45, 2.75) is 45.3 Å². The zero-order valence-corrected chi connectivity index (χ0v) is 21.2. The highest BCUT2D eigenvalue weighted by atomic mass is 19.1. The minimum Gasteiger partial charge on any atom is -0.501 e. The number of halogens is 1. The van der Waals surface area contributed by atoms with Gasteiger partial charge in [-0.3, -0.25) is 28.6 Å². The molecule has 0 saturated heterocycles. The fraction of sp³-hybridized carbons (Fsp3) is 0.480. The van der Waals surface area contributed by atoms with E-state index in [1.807, 2.05) is 18.7 Å². The monoisotopic (exact) mass is 501 g/mol. The zero-order valence-electron chi connectivity index (χ0n) is 21.2. The second kappa shape index (κ2) is 11.0. The highest BCUT2D eigenvalue weighted by Crippen LogP contribution is 2.26.